The molecule has 0 aliphatic carbocycles. The lowest BCUT2D eigenvalue weighted by atomic mass is 10.0. The fourth-order valence-corrected chi connectivity index (χ4v) is 2.96. The number of hydrogen-bond acceptors (Lipinski definition) is 5. The number of esters is 1. The first-order valence-electron chi connectivity index (χ1n) is 9.13. The molecule has 1 heterocycles. The summed E-state index contributed by atoms with van der Waals surface area (Å²) in [5, 5.41) is 2.57. The van der Waals surface area contributed by atoms with E-state index in [9.17, 15) is 14.4 Å². The number of aromatic nitrogens is 1. The second-order valence-corrected chi connectivity index (χ2v) is 6.86. The summed E-state index contributed by atoms with van der Waals surface area (Å²) < 4.78 is 5.47. The van der Waals surface area contributed by atoms with Crippen molar-refractivity contribution in [3.8, 4) is 11.3 Å². The van der Waals surface area contributed by atoms with Crippen LogP contribution in [0, 0.1) is 5.92 Å². The normalized spacial score (nSPS) is 11.8. The smallest absolute Gasteiger partial charge is 0.339 e. The van der Waals surface area contributed by atoms with Crippen molar-refractivity contribution >= 4 is 28.8 Å². The Kier molecular flexibility index (Phi) is 5.87. The van der Waals surface area contributed by atoms with E-state index in [0.717, 1.165) is 5.56 Å². The van der Waals surface area contributed by atoms with Gasteiger partial charge in [0, 0.05) is 10.9 Å². The summed E-state index contributed by atoms with van der Waals surface area (Å²) in [5.74, 6) is -1.80. The van der Waals surface area contributed by atoms with Gasteiger partial charge in [0.25, 0.3) is 5.91 Å². The van der Waals surface area contributed by atoms with Crippen molar-refractivity contribution in [1.29, 1.82) is 0 Å². The highest BCUT2D eigenvalue weighted by molar-refractivity contribution is 6.06. The van der Waals surface area contributed by atoms with Crippen molar-refractivity contribution in [1.82, 2.24) is 10.3 Å². The monoisotopic (exact) mass is 391 g/mol. The summed E-state index contributed by atoms with van der Waals surface area (Å²) in [6, 6.07) is 17.3. The number of benzene rings is 2. The van der Waals surface area contributed by atoms with Gasteiger partial charge in [-0.3, -0.25) is 10.1 Å². The Morgan fingerprint density at radius 1 is 1.00 bits per heavy atom. The summed E-state index contributed by atoms with van der Waals surface area (Å²) in [4.78, 5) is 40.9. The van der Waals surface area contributed by atoms with Crippen molar-refractivity contribution in [2.24, 2.45) is 11.7 Å². The van der Waals surface area contributed by atoms with E-state index in [-0.39, 0.29) is 11.5 Å². The molecule has 1 aromatic heterocycles. The van der Waals surface area contributed by atoms with Gasteiger partial charge in [0.2, 0.25) is 0 Å². The average Bonchev–Trinajstić information content (AvgIpc) is 2.70. The predicted octanol–water partition coefficient (Wildman–Crippen LogP) is 3.28. The third-order valence-electron chi connectivity index (χ3n) is 4.35. The van der Waals surface area contributed by atoms with Crippen LogP contribution >= 0.6 is 0 Å². The molecule has 1 unspecified atom stereocenters. The molecule has 1 atom stereocenters. The average molecular weight is 391 g/mol. The minimum absolute atomic E-state index is 0.284. The number of carbonyl (C=O) groups is 3. The zero-order valence-electron chi connectivity index (χ0n) is 16.1. The van der Waals surface area contributed by atoms with Crippen molar-refractivity contribution in [2.75, 3.05) is 0 Å². The fourth-order valence-electron chi connectivity index (χ4n) is 2.96. The number of rotatable bonds is 5. The maximum absolute atomic E-state index is 13.0. The first-order chi connectivity index (χ1) is 13.9. The van der Waals surface area contributed by atoms with Crippen molar-refractivity contribution in [2.45, 2.75) is 20.0 Å². The maximum atomic E-state index is 13.0. The van der Waals surface area contributed by atoms with Gasteiger partial charge in [-0.2, -0.15) is 0 Å². The minimum atomic E-state index is -1.16. The molecule has 3 rings (SSSR count). The van der Waals surface area contributed by atoms with Crippen LogP contribution in [-0.4, -0.2) is 29.0 Å². The van der Waals surface area contributed by atoms with Crippen LogP contribution < -0.4 is 11.1 Å². The van der Waals surface area contributed by atoms with Crippen LogP contribution in [-0.2, 0) is 9.53 Å². The summed E-state index contributed by atoms with van der Waals surface area (Å²) in [6.45, 7) is 3.41. The molecule has 0 aliphatic heterocycles. The molecule has 7 heteroatoms. The van der Waals surface area contributed by atoms with Gasteiger partial charge in [-0.05, 0) is 18.1 Å². The Labute approximate surface area is 167 Å². The largest absolute Gasteiger partial charge is 0.448 e. The van der Waals surface area contributed by atoms with Crippen molar-refractivity contribution in [3.05, 3.63) is 66.2 Å². The van der Waals surface area contributed by atoms with Gasteiger partial charge in [-0.15, -0.1) is 0 Å². The summed E-state index contributed by atoms with van der Waals surface area (Å²) in [5.41, 5.74) is 7.38. The van der Waals surface area contributed by atoms with E-state index in [1.807, 2.05) is 41.7 Å². The number of nitrogens with one attached hydrogen (secondary N) is 1. The highest BCUT2D eigenvalue weighted by Crippen LogP contribution is 2.26. The lowest BCUT2D eigenvalue weighted by Crippen LogP contribution is -2.45. The van der Waals surface area contributed by atoms with Crippen LogP contribution in [0.2, 0.25) is 0 Å². The predicted molar refractivity (Wildman–Crippen MR) is 109 cm³/mol. The van der Waals surface area contributed by atoms with Gasteiger partial charge in [0.05, 0.1) is 16.8 Å². The van der Waals surface area contributed by atoms with E-state index < -0.39 is 24.0 Å². The number of amides is 3. The molecule has 0 saturated heterocycles. The van der Waals surface area contributed by atoms with Gasteiger partial charge >= 0.3 is 12.0 Å². The van der Waals surface area contributed by atoms with E-state index in [0.29, 0.717) is 16.6 Å². The SMILES string of the molecule is CC(C)C(OC(=O)c1cc(-c2ccccc2)nc2ccccc12)C(=O)NC(N)=O. The highest BCUT2D eigenvalue weighted by atomic mass is 16.5. The van der Waals surface area contributed by atoms with E-state index in [4.69, 9.17) is 10.5 Å². The van der Waals surface area contributed by atoms with Gasteiger partial charge in [-0.1, -0.05) is 62.4 Å². The first kappa shape index (κ1) is 20.0. The van der Waals surface area contributed by atoms with Crippen LogP contribution in [0.4, 0.5) is 4.79 Å². The molecule has 0 radical (unpaired) electrons. The lowest BCUT2D eigenvalue weighted by molar-refractivity contribution is -0.130. The molecule has 29 heavy (non-hydrogen) atoms. The van der Waals surface area contributed by atoms with E-state index >= 15 is 0 Å². The minimum Gasteiger partial charge on any atom is -0.448 e. The maximum Gasteiger partial charge on any atom is 0.339 e. The molecule has 0 bridgehead atoms. The highest BCUT2D eigenvalue weighted by Gasteiger charge is 2.28. The Balaban J connectivity index is 2.02. The summed E-state index contributed by atoms with van der Waals surface area (Å²) in [7, 11) is 0. The van der Waals surface area contributed by atoms with Gasteiger partial charge < -0.3 is 10.5 Å². The Hall–Kier alpha value is -3.74. The standard InChI is InChI=1S/C22H21N3O4/c1-13(2)19(20(26)25-22(23)28)29-21(27)16-12-18(14-8-4-3-5-9-14)24-17-11-7-6-10-15(16)17/h3-13,19H,1-2H3,(H3,23,25,26,28). The quantitative estimate of drug-likeness (QED) is 0.648. The molecule has 0 spiro atoms. The Morgan fingerprint density at radius 3 is 2.31 bits per heavy atom. The molecular weight excluding hydrogens is 370 g/mol. The number of imide groups is 1. The molecule has 2 aromatic carbocycles. The summed E-state index contributed by atoms with van der Waals surface area (Å²) >= 11 is 0. The number of fused-ring (bicyclic) bond motifs is 1. The van der Waals surface area contributed by atoms with Crippen LogP contribution in [0.3, 0.4) is 0 Å². The zero-order chi connectivity index (χ0) is 21.0. The van der Waals surface area contributed by atoms with Crippen LogP contribution in [0.15, 0.2) is 60.7 Å². The fraction of sp³-hybridized carbons (Fsp3) is 0.182. The molecular formula is C22H21N3O4. The third kappa shape index (κ3) is 4.57. The Bertz CT molecular complexity index is 1060. The number of ether oxygens (including phenoxy) is 1. The number of carbonyl (C=O) groups excluding carboxylic acids is 3. The number of pyridine rings is 1. The topological polar surface area (TPSA) is 111 Å². The number of para-hydroxylation sites is 1. The Morgan fingerprint density at radius 2 is 1.66 bits per heavy atom. The van der Waals surface area contributed by atoms with Crippen molar-refractivity contribution in [3.63, 3.8) is 0 Å². The number of nitrogens with two attached hydrogens (primary N) is 1. The van der Waals surface area contributed by atoms with E-state index in [2.05, 4.69) is 4.98 Å². The van der Waals surface area contributed by atoms with Gasteiger partial charge in [-0.25, -0.2) is 14.6 Å². The summed E-state index contributed by atoms with van der Waals surface area (Å²) in [6.07, 6.45) is -1.16. The zero-order valence-corrected chi connectivity index (χ0v) is 16.1. The van der Waals surface area contributed by atoms with Gasteiger partial charge in [0.1, 0.15) is 0 Å². The number of hydrogen-bond donors (Lipinski definition) is 2. The third-order valence-corrected chi connectivity index (χ3v) is 4.35. The lowest BCUT2D eigenvalue weighted by Gasteiger charge is -2.20. The molecule has 3 aromatic rings. The molecule has 7 nitrogen and oxygen atoms in total. The van der Waals surface area contributed by atoms with Crippen LogP contribution in [0.1, 0.15) is 24.2 Å². The van der Waals surface area contributed by atoms with Crippen LogP contribution in [0.25, 0.3) is 22.2 Å². The second kappa shape index (κ2) is 8.52. The molecule has 0 fully saturated rings. The second-order valence-electron chi connectivity index (χ2n) is 6.86. The molecule has 148 valence electrons. The molecule has 3 N–H and O–H groups in total. The molecule has 0 aliphatic rings. The number of nitrogens with zero attached hydrogens (tertiary/aromatic N) is 1. The number of urea groups is 1. The van der Waals surface area contributed by atoms with Gasteiger partial charge in [0.15, 0.2) is 6.10 Å². The molecule has 0 saturated carbocycles. The number of primary amides is 1. The van der Waals surface area contributed by atoms with Crippen LogP contribution in [0.5, 0.6) is 0 Å². The van der Waals surface area contributed by atoms with E-state index in [1.165, 1.54) is 0 Å². The van der Waals surface area contributed by atoms with Crippen molar-refractivity contribution < 1.29 is 19.1 Å². The molecule has 3 amide bonds. The van der Waals surface area contributed by atoms with E-state index in [1.54, 1.807) is 38.1 Å². The first-order valence-corrected chi connectivity index (χ1v) is 9.13.